The second-order valence-electron chi connectivity index (χ2n) is 5.18. The zero-order valence-corrected chi connectivity index (χ0v) is 12.4. The molecule has 2 bridgehead atoms. The summed E-state index contributed by atoms with van der Waals surface area (Å²) >= 11 is 2.26. The minimum atomic E-state index is 0.181. The highest BCUT2D eigenvalue weighted by molar-refractivity contribution is 14.1. The van der Waals surface area contributed by atoms with Gasteiger partial charge in [0, 0.05) is 34.3 Å². The number of halogens is 1. The smallest absolute Gasteiger partial charge is 0.253 e. The van der Waals surface area contributed by atoms with Crippen molar-refractivity contribution >= 4 is 28.5 Å². The molecular weight excluding hydrogens is 339 g/mol. The van der Waals surface area contributed by atoms with Gasteiger partial charge < -0.3 is 10.2 Å². The molecule has 2 saturated heterocycles. The van der Waals surface area contributed by atoms with E-state index in [4.69, 9.17) is 0 Å². The van der Waals surface area contributed by atoms with Crippen molar-refractivity contribution in [3.05, 3.63) is 33.4 Å². The topological polar surface area (TPSA) is 32.3 Å². The Morgan fingerprint density at radius 2 is 1.89 bits per heavy atom. The zero-order chi connectivity index (χ0) is 12.5. The highest BCUT2D eigenvalue weighted by Gasteiger charge is 2.31. The van der Waals surface area contributed by atoms with E-state index in [0.717, 1.165) is 25.1 Å². The van der Waals surface area contributed by atoms with Gasteiger partial charge in [0.2, 0.25) is 0 Å². The summed E-state index contributed by atoms with van der Waals surface area (Å²) in [5, 5.41) is 3.60. The van der Waals surface area contributed by atoms with Gasteiger partial charge in [-0.15, -0.1) is 0 Å². The summed E-state index contributed by atoms with van der Waals surface area (Å²) in [7, 11) is 0. The molecule has 1 aromatic rings. The van der Waals surface area contributed by atoms with Crippen LogP contribution in [0.25, 0.3) is 0 Å². The van der Waals surface area contributed by atoms with E-state index in [1.165, 1.54) is 16.4 Å². The van der Waals surface area contributed by atoms with Crippen LogP contribution in [0.3, 0.4) is 0 Å². The third-order valence-electron chi connectivity index (χ3n) is 3.90. The van der Waals surface area contributed by atoms with Gasteiger partial charge in [-0.25, -0.2) is 0 Å². The van der Waals surface area contributed by atoms with Gasteiger partial charge in [0.25, 0.3) is 5.91 Å². The number of fused-ring (bicyclic) bond motifs is 2. The third kappa shape index (κ3) is 2.54. The Balaban J connectivity index is 1.74. The molecule has 3 nitrogen and oxygen atoms in total. The number of nitrogens with one attached hydrogen (secondary N) is 1. The van der Waals surface area contributed by atoms with Crippen LogP contribution in [0.4, 0.5) is 0 Å². The SMILES string of the molecule is O=C(c1ccc(I)cc1)N1CCC2CCC(C1)N2. The summed E-state index contributed by atoms with van der Waals surface area (Å²) in [4.78, 5) is 14.4. The molecular formula is C14H17IN2O. The number of hydrogen-bond acceptors (Lipinski definition) is 2. The quantitative estimate of drug-likeness (QED) is 0.783. The average Bonchev–Trinajstić information content (AvgIpc) is 2.69. The molecule has 2 atom stereocenters. The Morgan fingerprint density at radius 3 is 2.67 bits per heavy atom. The van der Waals surface area contributed by atoms with Crippen LogP contribution >= 0.6 is 22.6 Å². The largest absolute Gasteiger partial charge is 0.337 e. The first-order valence-electron chi connectivity index (χ1n) is 6.53. The lowest BCUT2D eigenvalue weighted by Gasteiger charge is -2.24. The van der Waals surface area contributed by atoms with E-state index in [1.807, 2.05) is 29.2 Å². The second-order valence-corrected chi connectivity index (χ2v) is 6.43. The predicted molar refractivity (Wildman–Crippen MR) is 79.6 cm³/mol. The predicted octanol–water partition coefficient (Wildman–Crippen LogP) is 2.26. The molecule has 96 valence electrons. The Morgan fingerprint density at radius 1 is 1.17 bits per heavy atom. The molecule has 0 radical (unpaired) electrons. The first-order chi connectivity index (χ1) is 8.72. The minimum Gasteiger partial charge on any atom is -0.337 e. The fourth-order valence-electron chi connectivity index (χ4n) is 2.90. The van der Waals surface area contributed by atoms with Crippen molar-refractivity contribution in [3.63, 3.8) is 0 Å². The van der Waals surface area contributed by atoms with Crippen molar-refractivity contribution in [2.24, 2.45) is 0 Å². The molecule has 2 unspecified atom stereocenters. The number of amides is 1. The lowest BCUT2D eigenvalue weighted by Crippen LogP contribution is -2.39. The zero-order valence-electron chi connectivity index (χ0n) is 10.2. The number of likely N-dealkylation sites (tertiary alicyclic amines) is 1. The van der Waals surface area contributed by atoms with Crippen molar-refractivity contribution in [3.8, 4) is 0 Å². The molecule has 2 aliphatic heterocycles. The number of nitrogens with zero attached hydrogens (tertiary/aromatic N) is 1. The van der Waals surface area contributed by atoms with Crippen molar-refractivity contribution < 1.29 is 4.79 Å². The fraction of sp³-hybridized carbons (Fsp3) is 0.500. The Bertz CT molecular complexity index is 446. The lowest BCUT2D eigenvalue weighted by atomic mass is 10.1. The normalized spacial score (nSPS) is 27.1. The number of carbonyl (C=O) groups excluding carboxylic acids is 1. The highest BCUT2D eigenvalue weighted by atomic mass is 127. The first kappa shape index (κ1) is 12.4. The van der Waals surface area contributed by atoms with Gasteiger partial charge in [0.05, 0.1) is 0 Å². The Labute approximate surface area is 121 Å². The minimum absolute atomic E-state index is 0.181. The monoisotopic (exact) mass is 356 g/mol. The van der Waals surface area contributed by atoms with E-state index >= 15 is 0 Å². The molecule has 18 heavy (non-hydrogen) atoms. The molecule has 1 N–H and O–H groups in total. The van der Waals surface area contributed by atoms with Gasteiger partial charge in [-0.1, -0.05) is 0 Å². The van der Waals surface area contributed by atoms with E-state index in [-0.39, 0.29) is 5.91 Å². The average molecular weight is 356 g/mol. The summed E-state index contributed by atoms with van der Waals surface area (Å²) < 4.78 is 1.17. The summed E-state index contributed by atoms with van der Waals surface area (Å²) in [6.45, 7) is 1.75. The fourth-order valence-corrected chi connectivity index (χ4v) is 3.26. The molecule has 0 aliphatic carbocycles. The van der Waals surface area contributed by atoms with Crippen LogP contribution in [0.15, 0.2) is 24.3 Å². The van der Waals surface area contributed by atoms with E-state index in [0.29, 0.717) is 12.1 Å². The van der Waals surface area contributed by atoms with Crippen LogP contribution in [-0.4, -0.2) is 36.0 Å². The lowest BCUT2D eigenvalue weighted by molar-refractivity contribution is 0.0748. The molecule has 2 fully saturated rings. The van der Waals surface area contributed by atoms with Crippen LogP contribution in [0.2, 0.25) is 0 Å². The van der Waals surface area contributed by atoms with Crippen molar-refractivity contribution in [2.75, 3.05) is 13.1 Å². The molecule has 2 aliphatic rings. The van der Waals surface area contributed by atoms with Gasteiger partial charge >= 0.3 is 0 Å². The Hall–Kier alpha value is -0.620. The number of carbonyl (C=O) groups is 1. The van der Waals surface area contributed by atoms with Crippen molar-refractivity contribution in [2.45, 2.75) is 31.3 Å². The molecule has 0 saturated carbocycles. The third-order valence-corrected chi connectivity index (χ3v) is 4.62. The Kier molecular flexibility index (Phi) is 3.56. The maximum Gasteiger partial charge on any atom is 0.253 e. The number of rotatable bonds is 1. The molecule has 0 spiro atoms. The van der Waals surface area contributed by atoms with E-state index in [1.54, 1.807) is 0 Å². The number of benzene rings is 1. The van der Waals surface area contributed by atoms with Gasteiger partial charge in [0.1, 0.15) is 0 Å². The summed E-state index contributed by atoms with van der Waals surface area (Å²) in [5.74, 6) is 0.181. The maximum atomic E-state index is 12.4. The van der Waals surface area contributed by atoms with Crippen LogP contribution in [-0.2, 0) is 0 Å². The van der Waals surface area contributed by atoms with Crippen molar-refractivity contribution in [1.82, 2.24) is 10.2 Å². The summed E-state index contributed by atoms with van der Waals surface area (Å²) in [5.41, 5.74) is 0.813. The van der Waals surface area contributed by atoms with Crippen molar-refractivity contribution in [1.29, 1.82) is 0 Å². The van der Waals surface area contributed by atoms with E-state index in [2.05, 4.69) is 27.9 Å². The molecule has 4 heteroatoms. The molecule has 1 aromatic carbocycles. The van der Waals surface area contributed by atoms with E-state index in [9.17, 15) is 4.79 Å². The van der Waals surface area contributed by atoms with Crippen LogP contribution in [0.5, 0.6) is 0 Å². The summed E-state index contributed by atoms with van der Waals surface area (Å²) in [6, 6.07) is 8.99. The number of hydrogen-bond donors (Lipinski definition) is 1. The standard InChI is InChI=1S/C14H17IN2O/c15-11-3-1-10(2-4-11)14(18)17-8-7-12-5-6-13(9-17)16-12/h1-4,12-13,16H,5-9H2. The van der Waals surface area contributed by atoms with E-state index < -0.39 is 0 Å². The van der Waals surface area contributed by atoms with Gasteiger partial charge in [-0.05, 0) is 66.1 Å². The molecule has 1 amide bonds. The molecule has 2 heterocycles. The van der Waals surface area contributed by atoms with Crippen LogP contribution < -0.4 is 5.32 Å². The van der Waals surface area contributed by atoms with Crippen LogP contribution in [0.1, 0.15) is 29.6 Å². The van der Waals surface area contributed by atoms with Gasteiger partial charge in [0.15, 0.2) is 0 Å². The first-order valence-corrected chi connectivity index (χ1v) is 7.61. The van der Waals surface area contributed by atoms with Gasteiger partial charge in [-0.3, -0.25) is 4.79 Å². The molecule has 0 aromatic heterocycles. The highest BCUT2D eigenvalue weighted by Crippen LogP contribution is 2.21. The van der Waals surface area contributed by atoms with Crippen LogP contribution in [0, 0.1) is 3.57 Å². The second kappa shape index (κ2) is 5.17. The molecule has 3 rings (SSSR count). The maximum absolute atomic E-state index is 12.4. The summed E-state index contributed by atoms with van der Waals surface area (Å²) in [6.07, 6.45) is 3.57. The van der Waals surface area contributed by atoms with Gasteiger partial charge in [-0.2, -0.15) is 0 Å².